The second-order valence-corrected chi connectivity index (χ2v) is 3.79. The largest absolute Gasteiger partial charge is 0.741 e. The molecule has 1 rings (SSSR count). The number of aryl methyl sites for hydroxylation is 2. The summed E-state index contributed by atoms with van der Waals surface area (Å²) in [5.74, 6) is 0.659. The van der Waals surface area contributed by atoms with Crippen molar-refractivity contribution in [2.45, 2.75) is 25.4 Å². The van der Waals surface area contributed by atoms with Crippen molar-refractivity contribution in [1.29, 1.82) is 0 Å². The third-order valence-electron chi connectivity index (χ3n) is 1.62. The number of H-pyrrole nitrogens is 1. The number of nitrogens with zero attached hydrogens (tertiary/aromatic N) is 1. The SMILES string of the molecule is CC[n+]1cc(S(=O)(=O)[O-])[nH]c1C. The van der Waals surface area contributed by atoms with Crippen LogP contribution in [-0.2, 0) is 16.7 Å². The molecule has 0 saturated carbocycles. The minimum atomic E-state index is -4.34. The minimum Gasteiger partial charge on any atom is -0.741 e. The number of hydrogen-bond acceptors (Lipinski definition) is 3. The van der Waals surface area contributed by atoms with Crippen LogP contribution in [0.3, 0.4) is 0 Å². The van der Waals surface area contributed by atoms with Crippen molar-refractivity contribution >= 4 is 10.1 Å². The Balaban J connectivity index is 3.23. The lowest BCUT2D eigenvalue weighted by atomic mass is 10.6. The summed E-state index contributed by atoms with van der Waals surface area (Å²) in [6, 6.07) is 0. The molecule has 5 nitrogen and oxygen atoms in total. The summed E-state index contributed by atoms with van der Waals surface area (Å²) in [5.41, 5.74) is 0. The van der Waals surface area contributed by atoms with E-state index in [-0.39, 0.29) is 5.03 Å². The van der Waals surface area contributed by atoms with Crippen LogP contribution in [0.4, 0.5) is 0 Å². The van der Waals surface area contributed by atoms with Crippen molar-refractivity contribution in [3.63, 3.8) is 0 Å². The van der Waals surface area contributed by atoms with E-state index < -0.39 is 10.1 Å². The topological polar surface area (TPSA) is 76.9 Å². The van der Waals surface area contributed by atoms with Gasteiger partial charge in [-0.05, 0) is 6.92 Å². The van der Waals surface area contributed by atoms with Gasteiger partial charge in [-0.2, -0.15) is 0 Å². The fraction of sp³-hybridized carbons (Fsp3) is 0.500. The van der Waals surface area contributed by atoms with E-state index in [2.05, 4.69) is 4.98 Å². The second kappa shape index (κ2) is 2.87. The number of rotatable bonds is 2. The molecule has 0 saturated heterocycles. The predicted octanol–water partition coefficient (Wildman–Crippen LogP) is -0.465. The summed E-state index contributed by atoms with van der Waals surface area (Å²) in [6.07, 6.45) is 1.30. The molecule has 1 heterocycles. The average Bonchev–Trinajstić information content (AvgIpc) is 2.29. The minimum absolute atomic E-state index is 0.276. The first-order valence-corrected chi connectivity index (χ1v) is 4.91. The monoisotopic (exact) mass is 190 g/mol. The summed E-state index contributed by atoms with van der Waals surface area (Å²) in [6.45, 7) is 4.21. The molecule has 0 radical (unpaired) electrons. The van der Waals surface area contributed by atoms with Gasteiger partial charge in [0.2, 0.25) is 5.03 Å². The van der Waals surface area contributed by atoms with Crippen LogP contribution >= 0.6 is 0 Å². The van der Waals surface area contributed by atoms with Gasteiger partial charge in [0.15, 0.2) is 10.1 Å². The third kappa shape index (κ3) is 1.64. The third-order valence-corrected chi connectivity index (χ3v) is 2.36. The first kappa shape index (κ1) is 9.21. The molecule has 0 amide bonds. The van der Waals surface area contributed by atoms with Crippen molar-refractivity contribution in [2.24, 2.45) is 0 Å². The van der Waals surface area contributed by atoms with Crippen LogP contribution in [0.5, 0.6) is 0 Å². The van der Waals surface area contributed by atoms with Crippen LogP contribution in [0.15, 0.2) is 11.2 Å². The van der Waals surface area contributed by atoms with Crippen molar-refractivity contribution < 1.29 is 17.5 Å². The lowest BCUT2D eigenvalue weighted by Gasteiger charge is -1.96. The maximum Gasteiger partial charge on any atom is 0.252 e. The quantitative estimate of drug-likeness (QED) is 0.506. The fourth-order valence-corrected chi connectivity index (χ4v) is 1.51. The van der Waals surface area contributed by atoms with Gasteiger partial charge in [0.05, 0.1) is 6.54 Å². The van der Waals surface area contributed by atoms with Crippen molar-refractivity contribution in [1.82, 2.24) is 4.98 Å². The molecule has 1 aromatic rings. The van der Waals surface area contributed by atoms with E-state index in [0.717, 1.165) is 0 Å². The van der Waals surface area contributed by atoms with Gasteiger partial charge < -0.3 is 4.55 Å². The summed E-state index contributed by atoms with van der Waals surface area (Å²) in [5, 5.41) is -0.276. The molecular formula is C6H10N2O3S. The maximum absolute atomic E-state index is 10.5. The van der Waals surface area contributed by atoms with E-state index >= 15 is 0 Å². The van der Waals surface area contributed by atoms with Crippen LogP contribution in [0.25, 0.3) is 0 Å². The lowest BCUT2D eigenvalue weighted by Crippen LogP contribution is -2.32. The summed E-state index contributed by atoms with van der Waals surface area (Å²) >= 11 is 0. The van der Waals surface area contributed by atoms with Gasteiger partial charge in [-0.1, -0.05) is 0 Å². The summed E-state index contributed by atoms with van der Waals surface area (Å²) < 4.78 is 33.2. The van der Waals surface area contributed by atoms with Gasteiger partial charge in [-0.25, -0.2) is 18.0 Å². The second-order valence-electron chi connectivity index (χ2n) is 2.44. The standard InChI is InChI=1S/C6H10N2O3S/c1-3-8-4-6(7-5(8)2)12(9,10)11/h4H,3H2,1-2H3,(H,9,10,11). The van der Waals surface area contributed by atoms with Crippen molar-refractivity contribution in [2.75, 3.05) is 0 Å². The van der Waals surface area contributed by atoms with E-state index in [0.29, 0.717) is 12.4 Å². The first-order valence-electron chi connectivity index (χ1n) is 3.50. The zero-order valence-electron chi connectivity index (χ0n) is 6.86. The number of nitrogens with one attached hydrogen (secondary N) is 1. The Morgan fingerprint density at radius 3 is 2.50 bits per heavy atom. The van der Waals surface area contributed by atoms with Crippen LogP contribution < -0.4 is 4.57 Å². The van der Waals surface area contributed by atoms with E-state index in [1.807, 2.05) is 6.92 Å². The highest BCUT2D eigenvalue weighted by atomic mass is 32.2. The van der Waals surface area contributed by atoms with Gasteiger partial charge in [0.1, 0.15) is 6.20 Å². The average molecular weight is 190 g/mol. The Morgan fingerprint density at radius 1 is 1.67 bits per heavy atom. The van der Waals surface area contributed by atoms with Gasteiger partial charge >= 0.3 is 0 Å². The Hall–Kier alpha value is -0.880. The predicted molar refractivity (Wildman–Crippen MR) is 39.4 cm³/mol. The van der Waals surface area contributed by atoms with E-state index in [1.54, 1.807) is 11.5 Å². The van der Waals surface area contributed by atoms with Crippen LogP contribution in [0, 0.1) is 6.92 Å². The summed E-state index contributed by atoms with van der Waals surface area (Å²) in [7, 11) is -4.34. The molecule has 0 aromatic carbocycles. The molecule has 0 aliphatic heterocycles. The zero-order valence-corrected chi connectivity index (χ0v) is 7.68. The Labute approximate surface area is 70.8 Å². The van der Waals surface area contributed by atoms with Gasteiger partial charge in [-0.15, -0.1) is 0 Å². The summed E-state index contributed by atoms with van der Waals surface area (Å²) in [4.78, 5) is 2.50. The highest BCUT2D eigenvalue weighted by Crippen LogP contribution is 2.01. The fourth-order valence-electron chi connectivity index (χ4n) is 0.976. The molecule has 0 unspecified atom stereocenters. The molecule has 12 heavy (non-hydrogen) atoms. The van der Waals surface area contributed by atoms with Crippen LogP contribution in [0.2, 0.25) is 0 Å². The molecule has 0 aliphatic rings. The van der Waals surface area contributed by atoms with Crippen LogP contribution in [0.1, 0.15) is 12.7 Å². The van der Waals surface area contributed by atoms with Crippen LogP contribution in [-0.4, -0.2) is 18.0 Å². The number of aromatic nitrogens is 2. The molecule has 0 spiro atoms. The van der Waals surface area contributed by atoms with Gasteiger partial charge in [0, 0.05) is 6.92 Å². The highest BCUT2D eigenvalue weighted by Gasteiger charge is 2.14. The molecule has 0 atom stereocenters. The molecule has 1 aromatic heterocycles. The van der Waals surface area contributed by atoms with E-state index in [9.17, 15) is 13.0 Å². The van der Waals surface area contributed by atoms with Gasteiger partial charge in [0.25, 0.3) is 5.82 Å². The number of imidazole rings is 1. The molecule has 0 bridgehead atoms. The molecule has 0 fully saturated rings. The Morgan fingerprint density at radius 2 is 2.25 bits per heavy atom. The van der Waals surface area contributed by atoms with Gasteiger partial charge in [-0.3, -0.25) is 0 Å². The molecule has 0 aliphatic carbocycles. The molecule has 6 heteroatoms. The number of hydrogen-bond donors (Lipinski definition) is 1. The molecular weight excluding hydrogens is 180 g/mol. The highest BCUT2D eigenvalue weighted by molar-refractivity contribution is 7.85. The number of aromatic amines is 1. The molecule has 68 valence electrons. The lowest BCUT2D eigenvalue weighted by molar-refractivity contribution is -0.699. The molecule has 1 N–H and O–H groups in total. The smallest absolute Gasteiger partial charge is 0.252 e. The maximum atomic E-state index is 10.5. The Kier molecular flexibility index (Phi) is 2.20. The Bertz CT molecular complexity index is 379. The van der Waals surface area contributed by atoms with E-state index in [4.69, 9.17) is 0 Å². The normalized spacial score (nSPS) is 11.9. The van der Waals surface area contributed by atoms with Crippen molar-refractivity contribution in [3.8, 4) is 0 Å². The first-order chi connectivity index (χ1) is 5.45. The van der Waals surface area contributed by atoms with E-state index in [1.165, 1.54) is 6.20 Å². The van der Waals surface area contributed by atoms with Crippen molar-refractivity contribution in [3.05, 3.63) is 12.0 Å². The zero-order chi connectivity index (χ0) is 9.35.